The lowest BCUT2D eigenvalue weighted by Gasteiger charge is -2.57. The average Bonchev–Trinajstić information content (AvgIpc) is 3.10. The number of Topliss-reactive ketones (excluding diaryl/α,β-unsaturated/α-hetero) is 1. The molecule has 4 aliphatic carbocycles. The zero-order chi connectivity index (χ0) is 22.8. The Morgan fingerprint density at radius 3 is 2.59 bits per heavy atom. The Morgan fingerprint density at radius 1 is 1.06 bits per heavy atom. The number of ether oxygens (including phenoxy) is 2. The summed E-state index contributed by atoms with van der Waals surface area (Å²) in [7, 11) is 0. The third-order valence-corrected chi connectivity index (χ3v) is 10.00. The van der Waals surface area contributed by atoms with Gasteiger partial charge in [-0.2, -0.15) is 0 Å². The number of aliphatic hydroxyl groups is 4. The maximum atomic E-state index is 12.1. The Hall–Kier alpha value is -0.830. The van der Waals surface area contributed by atoms with E-state index in [-0.39, 0.29) is 16.9 Å². The molecular weight excluding hydrogens is 412 g/mol. The van der Waals surface area contributed by atoms with Gasteiger partial charge >= 0.3 is 0 Å². The summed E-state index contributed by atoms with van der Waals surface area (Å²) in [6, 6.07) is 0. The van der Waals surface area contributed by atoms with Crippen molar-refractivity contribution in [3.05, 3.63) is 11.6 Å². The van der Waals surface area contributed by atoms with Crippen LogP contribution in [0.1, 0.15) is 65.2 Å². The standard InChI is InChI=1S/C25H38O7/c1-24-9-7-14(27)11-13(24)3-4-15-16-5-6-19(25(16,2)10-8-17(15)24)32-23-22(30)21(29)20(28)18(12-26)31-23/h3,15-23,26,28-30H,4-12H2,1-2H3/t15?,16?,17?,18?,19-,20?,21?,22?,23?,24-,25-/m0/s1. The van der Waals surface area contributed by atoms with Gasteiger partial charge in [-0.15, -0.1) is 0 Å². The monoisotopic (exact) mass is 450 g/mol. The molecule has 1 aliphatic heterocycles. The van der Waals surface area contributed by atoms with Crippen LogP contribution in [0.2, 0.25) is 0 Å². The molecule has 0 amide bonds. The summed E-state index contributed by atoms with van der Waals surface area (Å²) in [6.07, 6.45) is 3.46. The summed E-state index contributed by atoms with van der Waals surface area (Å²) in [5.41, 5.74) is 1.45. The van der Waals surface area contributed by atoms with Crippen LogP contribution >= 0.6 is 0 Å². The second-order valence-corrected chi connectivity index (χ2v) is 11.4. The molecule has 3 saturated carbocycles. The highest BCUT2D eigenvalue weighted by Crippen LogP contribution is 2.65. The van der Waals surface area contributed by atoms with E-state index in [9.17, 15) is 25.2 Å². The van der Waals surface area contributed by atoms with E-state index in [0.717, 1.165) is 38.5 Å². The first-order valence-corrected chi connectivity index (χ1v) is 12.4. The normalized spacial score (nSPS) is 53.2. The highest BCUT2D eigenvalue weighted by atomic mass is 16.7. The van der Waals surface area contributed by atoms with Crippen molar-refractivity contribution in [3.8, 4) is 0 Å². The molecule has 0 radical (unpaired) electrons. The second kappa shape index (κ2) is 8.14. The maximum Gasteiger partial charge on any atom is 0.186 e. The van der Waals surface area contributed by atoms with Crippen molar-refractivity contribution in [2.45, 2.75) is 102 Å². The number of fused-ring (bicyclic) bond motifs is 5. The third-order valence-electron chi connectivity index (χ3n) is 10.00. The molecular formula is C25H38O7. The first-order valence-electron chi connectivity index (χ1n) is 12.4. The molecule has 0 aromatic heterocycles. The number of hydrogen-bond donors (Lipinski definition) is 4. The topological polar surface area (TPSA) is 116 Å². The molecule has 32 heavy (non-hydrogen) atoms. The molecule has 11 atom stereocenters. The Labute approximate surface area is 189 Å². The number of aliphatic hydroxyl groups excluding tert-OH is 4. The van der Waals surface area contributed by atoms with Gasteiger partial charge in [-0.05, 0) is 67.1 Å². The Bertz CT molecular complexity index is 780. The van der Waals surface area contributed by atoms with Crippen molar-refractivity contribution in [3.63, 3.8) is 0 Å². The summed E-state index contributed by atoms with van der Waals surface area (Å²) >= 11 is 0. The maximum absolute atomic E-state index is 12.1. The van der Waals surface area contributed by atoms with Gasteiger partial charge in [0.1, 0.15) is 30.2 Å². The van der Waals surface area contributed by atoms with Gasteiger partial charge in [0, 0.05) is 12.8 Å². The fourth-order valence-corrected chi connectivity index (χ4v) is 7.99. The van der Waals surface area contributed by atoms with Crippen molar-refractivity contribution in [2.24, 2.45) is 28.6 Å². The van der Waals surface area contributed by atoms with Crippen LogP contribution in [0.15, 0.2) is 11.6 Å². The molecule has 8 unspecified atom stereocenters. The molecule has 1 heterocycles. The second-order valence-electron chi connectivity index (χ2n) is 11.4. The van der Waals surface area contributed by atoms with Crippen molar-refractivity contribution < 1.29 is 34.7 Å². The van der Waals surface area contributed by atoms with Gasteiger partial charge in [-0.3, -0.25) is 4.79 Å². The van der Waals surface area contributed by atoms with E-state index in [1.54, 1.807) is 0 Å². The summed E-state index contributed by atoms with van der Waals surface area (Å²) in [6.45, 7) is 4.22. The van der Waals surface area contributed by atoms with E-state index >= 15 is 0 Å². The van der Waals surface area contributed by atoms with Crippen LogP contribution in [-0.4, -0.2) is 69.6 Å². The molecule has 0 aromatic carbocycles. The molecule has 0 bridgehead atoms. The molecule has 0 aromatic rings. The quantitative estimate of drug-likeness (QED) is 0.484. The van der Waals surface area contributed by atoms with Crippen LogP contribution in [0, 0.1) is 28.6 Å². The van der Waals surface area contributed by atoms with Crippen molar-refractivity contribution in [1.82, 2.24) is 0 Å². The van der Waals surface area contributed by atoms with Gasteiger partial charge in [-0.25, -0.2) is 0 Å². The van der Waals surface area contributed by atoms with Crippen LogP contribution in [0.25, 0.3) is 0 Å². The molecule has 1 saturated heterocycles. The minimum atomic E-state index is -1.41. The molecule has 180 valence electrons. The van der Waals surface area contributed by atoms with Crippen LogP contribution in [0.3, 0.4) is 0 Å². The lowest BCUT2D eigenvalue weighted by molar-refractivity contribution is -0.319. The van der Waals surface area contributed by atoms with Gasteiger partial charge in [0.2, 0.25) is 0 Å². The van der Waals surface area contributed by atoms with E-state index in [1.165, 1.54) is 5.57 Å². The third kappa shape index (κ3) is 3.35. The van der Waals surface area contributed by atoms with Crippen molar-refractivity contribution in [1.29, 1.82) is 0 Å². The van der Waals surface area contributed by atoms with E-state index in [2.05, 4.69) is 19.9 Å². The molecule has 4 N–H and O–H groups in total. The molecule has 7 heteroatoms. The average molecular weight is 451 g/mol. The van der Waals surface area contributed by atoms with Gasteiger partial charge in [-0.1, -0.05) is 25.5 Å². The number of carbonyl (C=O) groups excluding carboxylic acids is 1. The highest BCUT2D eigenvalue weighted by Gasteiger charge is 2.60. The fraction of sp³-hybridized carbons (Fsp3) is 0.880. The highest BCUT2D eigenvalue weighted by molar-refractivity contribution is 5.82. The predicted octanol–water partition coefficient (Wildman–Crippen LogP) is 1.70. The van der Waals surface area contributed by atoms with E-state index < -0.39 is 37.3 Å². The Balaban J connectivity index is 1.34. The minimum absolute atomic E-state index is 0.0494. The largest absolute Gasteiger partial charge is 0.394 e. The summed E-state index contributed by atoms with van der Waals surface area (Å²) < 4.78 is 11.9. The van der Waals surface area contributed by atoms with Crippen LogP contribution in [0.5, 0.6) is 0 Å². The van der Waals surface area contributed by atoms with Crippen LogP contribution < -0.4 is 0 Å². The molecule has 5 rings (SSSR count). The number of rotatable bonds is 3. The number of carbonyl (C=O) groups is 1. The minimum Gasteiger partial charge on any atom is -0.394 e. The fourth-order valence-electron chi connectivity index (χ4n) is 7.99. The van der Waals surface area contributed by atoms with Crippen molar-refractivity contribution in [2.75, 3.05) is 6.61 Å². The summed E-state index contributed by atoms with van der Waals surface area (Å²) in [5.74, 6) is 2.05. The number of ketones is 1. The zero-order valence-corrected chi connectivity index (χ0v) is 19.2. The summed E-state index contributed by atoms with van der Waals surface area (Å²) in [5, 5.41) is 40.2. The van der Waals surface area contributed by atoms with Gasteiger partial charge < -0.3 is 29.9 Å². The van der Waals surface area contributed by atoms with Crippen LogP contribution in [0.4, 0.5) is 0 Å². The van der Waals surface area contributed by atoms with Crippen LogP contribution in [-0.2, 0) is 14.3 Å². The van der Waals surface area contributed by atoms with E-state index in [0.29, 0.717) is 36.4 Å². The first-order chi connectivity index (χ1) is 15.2. The predicted molar refractivity (Wildman–Crippen MR) is 115 cm³/mol. The molecule has 4 fully saturated rings. The lowest BCUT2D eigenvalue weighted by Crippen LogP contribution is -2.60. The first kappa shape index (κ1) is 22.9. The van der Waals surface area contributed by atoms with E-state index in [1.807, 2.05) is 0 Å². The van der Waals surface area contributed by atoms with Gasteiger partial charge in [0.25, 0.3) is 0 Å². The number of allylic oxidation sites excluding steroid dienone is 2. The van der Waals surface area contributed by atoms with Gasteiger partial charge in [0.05, 0.1) is 12.7 Å². The summed E-state index contributed by atoms with van der Waals surface area (Å²) in [4.78, 5) is 12.1. The SMILES string of the molecule is C[C@]12CCC(=O)CC1=CCC1C2CC[C@@]2(C)C1CC[C@@H]2OC1OC(CO)C(O)C(O)C1O. The number of hydrogen-bond acceptors (Lipinski definition) is 7. The molecule has 5 aliphatic rings. The van der Waals surface area contributed by atoms with Crippen molar-refractivity contribution >= 4 is 5.78 Å². The molecule has 0 spiro atoms. The molecule has 7 nitrogen and oxygen atoms in total. The van der Waals surface area contributed by atoms with Gasteiger partial charge in [0.15, 0.2) is 6.29 Å². The zero-order valence-electron chi connectivity index (χ0n) is 19.2. The Morgan fingerprint density at radius 2 is 1.84 bits per heavy atom. The Kier molecular flexibility index (Phi) is 5.83. The smallest absolute Gasteiger partial charge is 0.186 e. The van der Waals surface area contributed by atoms with E-state index in [4.69, 9.17) is 9.47 Å². The lowest BCUT2D eigenvalue weighted by atomic mass is 9.48.